The summed E-state index contributed by atoms with van der Waals surface area (Å²) in [5, 5.41) is 9.04. The maximum absolute atomic E-state index is 11.9. The first kappa shape index (κ1) is 23.7. The van der Waals surface area contributed by atoms with Crippen LogP contribution in [0.4, 0.5) is 0 Å². The molecule has 0 unspecified atom stereocenters. The highest BCUT2D eigenvalue weighted by molar-refractivity contribution is 5.96. The van der Waals surface area contributed by atoms with Crippen molar-refractivity contribution in [2.45, 2.75) is 58.1 Å². The molecule has 0 heterocycles. The minimum Gasteiger partial charge on any atom is -0.378 e. The van der Waals surface area contributed by atoms with Crippen molar-refractivity contribution in [2.75, 3.05) is 26.2 Å². The molecule has 1 fully saturated rings. The van der Waals surface area contributed by atoms with Crippen molar-refractivity contribution < 1.29 is 14.3 Å². The van der Waals surface area contributed by atoms with Gasteiger partial charge in [-0.3, -0.25) is 9.59 Å². The third kappa shape index (κ3) is 9.26. The molecule has 30 heavy (non-hydrogen) atoms. The van der Waals surface area contributed by atoms with E-state index in [0.717, 1.165) is 37.6 Å². The molecule has 1 aromatic carbocycles. The highest BCUT2D eigenvalue weighted by Gasteiger charge is 2.13. The third-order valence-corrected chi connectivity index (χ3v) is 4.92. The maximum atomic E-state index is 11.9. The van der Waals surface area contributed by atoms with Gasteiger partial charge in [0.25, 0.3) is 5.91 Å². The molecule has 0 radical (unpaired) electrons. The van der Waals surface area contributed by atoms with E-state index in [2.05, 4.69) is 20.9 Å². The number of aliphatic imine (C=N–C) groups is 1. The van der Waals surface area contributed by atoms with E-state index in [9.17, 15) is 9.59 Å². The number of benzene rings is 1. The lowest BCUT2D eigenvalue weighted by Crippen LogP contribution is -2.38. The second-order valence-corrected chi connectivity index (χ2v) is 7.45. The van der Waals surface area contributed by atoms with Crippen molar-refractivity contribution in [1.82, 2.24) is 16.0 Å². The van der Waals surface area contributed by atoms with Gasteiger partial charge in [-0.25, -0.2) is 4.99 Å². The van der Waals surface area contributed by atoms with Gasteiger partial charge in [0.1, 0.15) is 0 Å². The van der Waals surface area contributed by atoms with Gasteiger partial charge in [0.2, 0.25) is 5.91 Å². The number of hydrogen-bond donors (Lipinski definition) is 4. The third-order valence-electron chi connectivity index (χ3n) is 4.92. The van der Waals surface area contributed by atoms with Crippen LogP contribution in [-0.4, -0.2) is 50.1 Å². The number of nitrogens with two attached hydrogens (primary N) is 1. The standard InChI is InChI=1S/C22H35N5O3/c1-2-24-22(25-13-6-14-30-19-7-4-3-5-8-19)27-15-17-9-11-18(12-10-17)21(29)26-16-20(23)28/h9-12,19H,2-8,13-16H2,1H3,(H2,23,28)(H,26,29)(H2,24,25,27). The minimum absolute atomic E-state index is 0.172. The monoisotopic (exact) mass is 417 g/mol. The fraction of sp³-hybridized carbons (Fsp3) is 0.591. The molecule has 8 nitrogen and oxygen atoms in total. The first-order valence-corrected chi connectivity index (χ1v) is 10.9. The van der Waals surface area contributed by atoms with Crippen LogP contribution in [0, 0.1) is 0 Å². The molecule has 0 atom stereocenters. The Labute approximate surface area is 179 Å². The van der Waals surface area contributed by atoms with Crippen LogP contribution in [0.5, 0.6) is 0 Å². The highest BCUT2D eigenvalue weighted by Crippen LogP contribution is 2.20. The number of nitrogens with one attached hydrogen (secondary N) is 3. The van der Waals surface area contributed by atoms with Crippen LogP contribution in [-0.2, 0) is 16.1 Å². The minimum atomic E-state index is -0.571. The van der Waals surface area contributed by atoms with Gasteiger partial charge < -0.3 is 26.4 Å². The molecule has 0 saturated heterocycles. The van der Waals surface area contributed by atoms with E-state index in [1.165, 1.54) is 32.1 Å². The Bertz CT molecular complexity index is 685. The van der Waals surface area contributed by atoms with E-state index in [1.807, 2.05) is 19.1 Å². The molecule has 1 aromatic rings. The Kier molecular flexibility index (Phi) is 10.7. The molecule has 0 aromatic heterocycles. The van der Waals surface area contributed by atoms with Gasteiger partial charge in [0.15, 0.2) is 5.96 Å². The van der Waals surface area contributed by atoms with Crippen LogP contribution in [0.25, 0.3) is 0 Å². The lowest BCUT2D eigenvalue weighted by molar-refractivity contribution is -0.117. The fourth-order valence-electron chi connectivity index (χ4n) is 3.30. The van der Waals surface area contributed by atoms with Gasteiger partial charge >= 0.3 is 0 Å². The number of hydrogen-bond acceptors (Lipinski definition) is 4. The van der Waals surface area contributed by atoms with Gasteiger partial charge in [-0.15, -0.1) is 0 Å². The second-order valence-electron chi connectivity index (χ2n) is 7.45. The zero-order chi connectivity index (χ0) is 21.6. The number of carbonyl (C=O) groups is 2. The summed E-state index contributed by atoms with van der Waals surface area (Å²) < 4.78 is 5.96. The van der Waals surface area contributed by atoms with Gasteiger partial charge in [-0.1, -0.05) is 31.4 Å². The lowest BCUT2D eigenvalue weighted by atomic mass is 9.98. The van der Waals surface area contributed by atoms with Crippen molar-refractivity contribution in [2.24, 2.45) is 10.7 Å². The molecule has 0 spiro atoms. The Balaban J connectivity index is 1.73. The number of nitrogens with zero attached hydrogens (tertiary/aromatic N) is 1. The largest absolute Gasteiger partial charge is 0.378 e. The van der Waals surface area contributed by atoms with Crippen LogP contribution in [0.2, 0.25) is 0 Å². The smallest absolute Gasteiger partial charge is 0.251 e. The normalized spacial score (nSPS) is 14.9. The van der Waals surface area contributed by atoms with Crippen molar-refractivity contribution in [3.05, 3.63) is 35.4 Å². The second kappa shape index (κ2) is 13.6. The van der Waals surface area contributed by atoms with Crippen LogP contribution in [0.1, 0.15) is 61.4 Å². The Morgan fingerprint density at radius 1 is 1.10 bits per heavy atom. The predicted molar refractivity (Wildman–Crippen MR) is 118 cm³/mol. The van der Waals surface area contributed by atoms with Gasteiger partial charge in [0.05, 0.1) is 19.2 Å². The average Bonchev–Trinajstić information content (AvgIpc) is 2.76. The first-order chi connectivity index (χ1) is 14.6. The van der Waals surface area contributed by atoms with E-state index in [0.29, 0.717) is 18.2 Å². The molecule has 2 amide bonds. The fourth-order valence-corrected chi connectivity index (χ4v) is 3.30. The molecular weight excluding hydrogens is 382 g/mol. The molecule has 2 rings (SSSR count). The summed E-state index contributed by atoms with van der Waals surface area (Å²) in [6, 6.07) is 7.13. The van der Waals surface area contributed by atoms with Crippen LogP contribution < -0.4 is 21.7 Å². The summed E-state index contributed by atoms with van der Waals surface area (Å²) in [5.74, 6) is -0.133. The summed E-state index contributed by atoms with van der Waals surface area (Å²) in [6.45, 7) is 4.71. The molecule has 1 saturated carbocycles. The quantitative estimate of drug-likeness (QED) is 0.248. The molecule has 166 valence electrons. The number of amides is 2. The predicted octanol–water partition coefficient (Wildman–Crippen LogP) is 1.70. The molecule has 8 heteroatoms. The maximum Gasteiger partial charge on any atom is 0.251 e. The summed E-state index contributed by atoms with van der Waals surface area (Å²) in [6.07, 6.45) is 7.71. The van der Waals surface area contributed by atoms with Crippen molar-refractivity contribution in [3.8, 4) is 0 Å². The summed E-state index contributed by atoms with van der Waals surface area (Å²) in [7, 11) is 0. The van der Waals surface area contributed by atoms with Crippen molar-refractivity contribution >= 4 is 17.8 Å². The average molecular weight is 418 g/mol. The first-order valence-electron chi connectivity index (χ1n) is 10.9. The van der Waals surface area contributed by atoms with E-state index < -0.39 is 5.91 Å². The molecule has 0 bridgehead atoms. The topological polar surface area (TPSA) is 118 Å². The van der Waals surface area contributed by atoms with E-state index in [1.54, 1.807) is 12.1 Å². The van der Waals surface area contributed by atoms with Crippen LogP contribution in [0.15, 0.2) is 29.3 Å². The Hall–Kier alpha value is -2.61. The van der Waals surface area contributed by atoms with Gasteiger partial charge in [-0.05, 0) is 43.9 Å². The number of ether oxygens (including phenoxy) is 1. The summed E-state index contributed by atoms with van der Waals surface area (Å²) >= 11 is 0. The zero-order valence-corrected chi connectivity index (χ0v) is 17.9. The number of rotatable bonds is 11. The number of primary amides is 1. The zero-order valence-electron chi connectivity index (χ0n) is 17.9. The van der Waals surface area contributed by atoms with E-state index in [4.69, 9.17) is 10.5 Å². The van der Waals surface area contributed by atoms with Crippen LogP contribution >= 0.6 is 0 Å². The molecule has 5 N–H and O–H groups in total. The number of carbonyl (C=O) groups excluding carboxylic acids is 2. The molecule has 0 aliphatic heterocycles. The SMILES string of the molecule is CCNC(=NCc1ccc(C(=O)NCC(N)=O)cc1)NCCCOC1CCCCC1. The Morgan fingerprint density at radius 3 is 2.50 bits per heavy atom. The molecule has 1 aliphatic rings. The van der Waals surface area contributed by atoms with E-state index in [-0.39, 0.29) is 12.5 Å². The van der Waals surface area contributed by atoms with Crippen molar-refractivity contribution in [1.29, 1.82) is 0 Å². The lowest BCUT2D eigenvalue weighted by Gasteiger charge is -2.22. The highest BCUT2D eigenvalue weighted by atomic mass is 16.5. The van der Waals surface area contributed by atoms with Gasteiger partial charge in [0, 0.05) is 25.3 Å². The van der Waals surface area contributed by atoms with E-state index >= 15 is 0 Å². The number of guanidine groups is 1. The molecular formula is C22H35N5O3. The van der Waals surface area contributed by atoms with Gasteiger partial charge in [-0.2, -0.15) is 0 Å². The van der Waals surface area contributed by atoms with Crippen molar-refractivity contribution in [3.63, 3.8) is 0 Å². The Morgan fingerprint density at radius 2 is 1.83 bits per heavy atom. The summed E-state index contributed by atoms with van der Waals surface area (Å²) in [4.78, 5) is 27.3. The molecule has 1 aliphatic carbocycles. The summed E-state index contributed by atoms with van der Waals surface area (Å²) in [5.41, 5.74) is 6.50. The van der Waals surface area contributed by atoms with Crippen LogP contribution in [0.3, 0.4) is 0 Å².